The summed E-state index contributed by atoms with van der Waals surface area (Å²) in [6.45, 7) is 6.75. The summed E-state index contributed by atoms with van der Waals surface area (Å²) in [5.74, 6) is 0.324. The quantitative estimate of drug-likeness (QED) is 0.485. The third-order valence-electron chi connectivity index (χ3n) is 7.60. The fourth-order valence-electron chi connectivity index (χ4n) is 5.49. The number of nitrogens with one attached hydrogen (secondary N) is 4. The number of ether oxygens (including phenoxy) is 1. The second-order valence-corrected chi connectivity index (χ2v) is 10.0. The number of fused-ring (bicyclic) bond motifs is 3. The number of rotatable bonds is 6. The van der Waals surface area contributed by atoms with Gasteiger partial charge in [-0.3, -0.25) is 9.69 Å². The fraction of sp³-hybridized carbons (Fsp3) is 0.481. The summed E-state index contributed by atoms with van der Waals surface area (Å²) in [5.41, 5.74) is 11.1. The van der Waals surface area contributed by atoms with Crippen LogP contribution >= 0.6 is 0 Å². The van der Waals surface area contributed by atoms with Gasteiger partial charge in [-0.1, -0.05) is 12.1 Å². The van der Waals surface area contributed by atoms with Crippen molar-refractivity contribution >= 4 is 11.6 Å². The number of hydrogen-bond acceptors (Lipinski definition) is 8. The summed E-state index contributed by atoms with van der Waals surface area (Å²) in [6.07, 6.45) is 1.78. The molecule has 2 aromatic rings. The van der Waals surface area contributed by atoms with Crippen LogP contribution in [-0.4, -0.2) is 74.0 Å². The van der Waals surface area contributed by atoms with Gasteiger partial charge in [0.05, 0.1) is 36.7 Å². The molecule has 3 heterocycles. The largest absolute Gasteiger partial charge is 0.382 e. The van der Waals surface area contributed by atoms with E-state index in [1.165, 1.54) is 0 Å². The number of likely N-dealkylation sites (N-methyl/N-ethyl adjacent to an activating group) is 1. The van der Waals surface area contributed by atoms with E-state index in [4.69, 9.17) is 10.00 Å². The number of nitrogens with zero attached hydrogens (tertiary/aromatic N) is 3. The number of anilines is 1. The van der Waals surface area contributed by atoms with Crippen molar-refractivity contribution in [3.05, 3.63) is 64.7 Å². The molecule has 4 unspecified atom stereocenters. The Morgan fingerprint density at radius 1 is 1.22 bits per heavy atom. The Morgan fingerprint density at radius 2 is 2.11 bits per heavy atom. The average molecular weight is 490 g/mol. The van der Waals surface area contributed by atoms with E-state index in [0.29, 0.717) is 30.1 Å². The Bertz CT molecular complexity index is 1130. The van der Waals surface area contributed by atoms with Crippen LogP contribution in [0.3, 0.4) is 0 Å². The van der Waals surface area contributed by atoms with Crippen molar-refractivity contribution < 1.29 is 9.53 Å². The number of amides is 1. The molecule has 3 aliphatic rings. The molecule has 0 bridgehead atoms. The van der Waals surface area contributed by atoms with Crippen LogP contribution in [0.15, 0.2) is 42.5 Å². The zero-order valence-electron chi connectivity index (χ0n) is 21.0. The molecular formula is C27H35N7O2. The van der Waals surface area contributed by atoms with E-state index in [1.807, 2.05) is 43.3 Å². The van der Waals surface area contributed by atoms with Gasteiger partial charge >= 0.3 is 0 Å². The van der Waals surface area contributed by atoms with Gasteiger partial charge < -0.3 is 20.3 Å². The number of nitriles is 1. The van der Waals surface area contributed by atoms with Gasteiger partial charge in [-0.25, -0.2) is 10.9 Å². The highest BCUT2D eigenvalue weighted by Gasteiger charge is 2.44. The number of hydrazine groups is 1. The SMILES string of the molecule is Cc1ccc(C#N)cc1CNC(=O)c1cccc(NCC2NNC3C4CCN(C)CC4OCCN23)c1. The molecule has 0 aromatic heterocycles. The summed E-state index contributed by atoms with van der Waals surface area (Å²) >= 11 is 0. The first-order chi connectivity index (χ1) is 17.5. The highest BCUT2D eigenvalue weighted by molar-refractivity contribution is 5.95. The number of aryl methyl sites for hydroxylation is 1. The maximum atomic E-state index is 12.8. The van der Waals surface area contributed by atoms with Gasteiger partial charge in [0.15, 0.2) is 0 Å². The highest BCUT2D eigenvalue weighted by Crippen LogP contribution is 2.30. The molecule has 0 aliphatic carbocycles. The molecule has 4 atom stereocenters. The number of likely N-dealkylation sites (tertiary alicyclic amines) is 1. The van der Waals surface area contributed by atoms with E-state index in [0.717, 1.165) is 49.5 Å². The van der Waals surface area contributed by atoms with Crippen molar-refractivity contribution in [3.63, 3.8) is 0 Å². The maximum absolute atomic E-state index is 12.8. The molecule has 0 saturated carbocycles. The molecule has 3 saturated heterocycles. The first kappa shape index (κ1) is 24.7. The van der Waals surface area contributed by atoms with Gasteiger partial charge in [0.25, 0.3) is 5.91 Å². The summed E-state index contributed by atoms with van der Waals surface area (Å²) in [5, 5.41) is 15.6. The summed E-state index contributed by atoms with van der Waals surface area (Å²) in [6, 6.07) is 15.2. The molecule has 0 spiro atoms. The molecule has 0 radical (unpaired) electrons. The van der Waals surface area contributed by atoms with Gasteiger partial charge in [-0.2, -0.15) is 5.26 Å². The number of hydrogen-bond donors (Lipinski definition) is 4. The molecule has 9 nitrogen and oxygen atoms in total. The van der Waals surface area contributed by atoms with Gasteiger partial charge in [0.1, 0.15) is 0 Å². The molecule has 36 heavy (non-hydrogen) atoms. The smallest absolute Gasteiger partial charge is 0.251 e. The van der Waals surface area contributed by atoms with Crippen LogP contribution in [0.5, 0.6) is 0 Å². The van der Waals surface area contributed by atoms with Gasteiger partial charge in [-0.15, -0.1) is 0 Å². The summed E-state index contributed by atoms with van der Waals surface area (Å²) < 4.78 is 6.21. The van der Waals surface area contributed by atoms with E-state index in [-0.39, 0.29) is 24.3 Å². The first-order valence-electron chi connectivity index (χ1n) is 12.7. The van der Waals surface area contributed by atoms with E-state index < -0.39 is 0 Å². The van der Waals surface area contributed by atoms with Crippen molar-refractivity contribution in [2.45, 2.75) is 38.3 Å². The van der Waals surface area contributed by atoms with Crippen LogP contribution in [0.25, 0.3) is 0 Å². The molecule has 4 N–H and O–H groups in total. The number of piperidine rings is 1. The van der Waals surface area contributed by atoms with Crippen LogP contribution in [-0.2, 0) is 11.3 Å². The Kier molecular flexibility index (Phi) is 7.51. The Balaban J connectivity index is 1.17. The minimum Gasteiger partial charge on any atom is -0.382 e. The van der Waals surface area contributed by atoms with E-state index >= 15 is 0 Å². The van der Waals surface area contributed by atoms with Crippen molar-refractivity contribution in [2.24, 2.45) is 5.92 Å². The minimum absolute atomic E-state index is 0.130. The lowest BCUT2D eigenvalue weighted by molar-refractivity contribution is -0.0271. The van der Waals surface area contributed by atoms with Crippen molar-refractivity contribution in [1.29, 1.82) is 5.26 Å². The van der Waals surface area contributed by atoms with Crippen molar-refractivity contribution in [2.75, 3.05) is 45.2 Å². The number of carbonyl (C=O) groups is 1. The van der Waals surface area contributed by atoms with Crippen LogP contribution in [0.1, 0.15) is 33.5 Å². The molecule has 9 heteroatoms. The van der Waals surface area contributed by atoms with Crippen molar-refractivity contribution in [1.82, 2.24) is 26.0 Å². The zero-order valence-corrected chi connectivity index (χ0v) is 21.0. The Labute approximate surface area is 212 Å². The van der Waals surface area contributed by atoms with E-state index in [9.17, 15) is 4.79 Å². The van der Waals surface area contributed by atoms with Crippen LogP contribution in [0.2, 0.25) is 0 Å². The van der Waals surface area contributed by atoms with Gasteiger partial charge in [0.2, 0.25) is 0 Å². The van der Waals surface area contributed by atoms with Gasteiger partial charge in [-0.05, 0) is 68.4 Å². The number of benzene rings is 2. The number of carbonyl (C=O) groups excluding carboxylic acids is 1. The third-order valence-corrected chi connectivity index (χ3v) is 7.60. The average Bonchev–Trinajstić information content (AvgIpc) is 3.20. The lowest BCUT2D eigenvalue weighted by Gasteiger charge is -2.39. The first-order valence-corrected chi connectivity index (χ1v) is 12.7. The van der Waals surface area contributed by atoms with E-state index in [1.54, 1.807) is 6.07 Å². The van der Waals surface area contributed by atoms with Crippen LogP contribution in [0.4, 0.5) is 5.69 Å². The second kappa shape index (κ2) is 10.9. The van der Waals surface area contributed by atoms with Crippen molar-refractivity contribution in [3.8, 4) is 6.07 Å². The zero-order chi connectivity index (χ0) is 25.1. The van der Waals surface area contributed by atoms with Gasteiger partial charge in [0, 0.05) is 43.3 Å². The third kappa shape index (κ3) is 5.38. The second-order valence-electron chi connectivity index (χ2n) is 10.0. The molecule has 3 fully saturated rings. The predicted octanol–water partition coefficient (Wildman–Crippen LogP) is 1.62. The lowest BCUT2D eigenvalue weighted by atomic mass is 9.91. The fourth-order valence-corrected chi connectivity index (χ4v) is 5.49. The van der Waals surface area contributed by atoms with Crippen LogP contribution in [0, 0.1) is 24.2 Å². The molecule has 190 valence electrons. The molecule has 1 amide bonds. The molecule has 5 rings (SSSR count). The monoisotopic (exact) mass is 489 g/mol. The maximum Gasteiger partial charge on any atom is 0.251 e. The highest BCUT2D eigenvalue weighted by atomic mass is 16.5. The molecule has 2 aromatic carbocycles. The standard InChI is InChI=1S/C27H35N7O2/c1-18-6-7-19(14-28)12-21(18)15-30-27(35)20-4-3-5-22(13-20)29-16-25-31-32-26-23-8-9-33(2)17-24(23)36-11-10-34(25)26/h3-7,12-13,23-26,29,31-32H,8-11,15-17H2,1-2H3,(H,30,35). The minimum atomic E-state index is -0.140. The van der Waals surface area contributed by atoms with E-state index in [2.05, 4.69) is 44.4 Å². The predicted molar refractivity (Wildman–Crippen MR) is 138 cm³/mol. The summed E-state index contributed by atoms with van der Waals surface area (Å²) in [7, 11) is 2.16. The molecule has 3 aliphatic heterocycles. The lowest BCUT2D eigenvalue weighted by Crippen LogP contribution is -2.53. The van der Waals surface area contributed by atoms with Crippen LogP contribution < -0.4 is 21.5 Å². The Morgan fingerprint density at radius 3 is 2.97 bits per heavy atom. The molecular weight excluding hydrogens is 454 g/mol. The normalized spacial score (nSPS) is 26.4. The topological polar surface area (TPSA) is 105 Å². The Hall–Kier alpha value is -3.00. The summed E-state index contributed by atoms with van der Waals surface area (Å²) in [4.78, 5) is 17.7.